The molecule has 6 nitrogen and oxygen atoms in total. The molecule has 0 bridgehead atoms. The summed E-state index contributed by atoms with van der Waals surface area (Å²) in [5.41, 5.74) is 0.255. The Bertz CT molecular complexity index is 688. The Morgan fingerprint density at radius 2 is 1.96 bits per heavy atom. The van der Waals surface area contributed by atoms with Gasteiger partial charge in [-0.05, 0) is 37.6 Å². The summed E-state index contributed by atoms with van der Waals surface area (Å²) in [6, 6.07) is 4.66. The molecule has 0 saturated carbocycles. The molecule has 1 N–H and O–H groups in total. The van der Waals surface area contributed by atoms with Gasteiger partial charge in [-0.2, -0.15) is 0 Å². The average Bonchev–Trinajstić information content (AvgIpc) is 2.86. The van der Waals surface area contributed by atoms with E-state index in [1.165, 1.54) is 29.2 Å². The summed E-state index contributed by atoms with van der Waals surface area (Å²) in [6.45, 7) is 1.93. The molecule has 1 unspecified atom stereocenters. The molecular formula is C15H19FN2O4S. The van der Waals surface area contributed by atoms with E-state index in [9.17, 15) is 22.4 Å². The first-order valence-electron chi connectivity index (χ1n) is 7.36. The maximum Gasteiger partial charge on any atom is 0.251 e. The minimum atomic E-state index is -3.08. The molecule has 0 aliphatic carbocycles. The van der Waals surface area contributed by atoms with Crippen molar-refractivity contribution in [3.05, 3.63) is 35.6 Å². The third-order valence-corrected chi connectivity index (χ3v) is 5.57. The molecule has 8 heteroatoms. The molecule has 0 aromatic heterocycles. The van der Waals surface area contributed by atoms with Gasteiger partial charge in [-0.25, -0.2) is 12.8 Å². The molecule has 23 heavy (non-hydrogen) atoms. The van der Waals surface area contributed by atoms with Gasteiger partial charge in [0.2, 0.25) is 5.91 Å². The van der Waals surface area contributed by atoms with Crippen LogP contribution in [0, 0.1) is 5.82 Å². The lowest BCUT2D eigenvalue weighted by Gasteiger charge is -2.27. The van der Waals surface area contributed by atoms with Crippen molar-refractivity contribution < 1.29 is 22.4 Å². The molecular weight excluding hydrogens is 323 g/mol. The Morgan fingerprint density at radius 1 is 1.30 bits per heavy atom. The predicted octanol–water partition coefficient (Wildman–Crippen LogP) is 0.591. The topological polar surface area (TPSA) is 83.6 Å². The number of likely N-dealkylation sites (N-methyl/N-ethyl adjacent to an activating group) is 1. The summed E-state index contributed by atoms with van der Waals surface area (Å²) in [6.07, 6.45) is 0.424. The summed E-state index contributed by atoms with van der Waals surface area (Å²) in [5.74, 6) is -1.20. The Hall–Kier alpha value is -1.96. The van der Waals surface area contributed by atoms with Gasteiger partial charge in [-0.1, -0.05) is 0 Å². The monoisotopic (exact) mass is 342 g/mol. The molecule has 0 spiro atoms. The first kappa shape index (κ1) is 17.4. The lowest BCUT2D eigenvalue weighted by atomic mass is 10.2. The number of benzene rings is 1. The highest BCUT2D eigenvalue weighted by molar-refractivity contribution is 7.91. The van der Waals surface area contributed by atoms with Crippen LogP contribution in [0.5, 0.6) is 0 Å². The second-order valence-corrected chi connectivity index (χ2v) is 7.65. The van der Waals surface area contributed by atoms with Crippen molar-refractivity contribution in [1.82, 2.24) is 10.2 Å². The smallest absolute Gasteiger partial charge is 0.251 e. The molecule has 1 saturated heterocycles. The van der Waals surface area contributed by atoms with Crippen LogP contribution in [0.25, 0.3) is 0 Å². The second-order valence-electron chi connectivity index (χ2n) is 5.43. The van der Waals surface area contributed by atoms with E-state index < -0.39 is 21.6 Å². The van der Waals surface area contributed by atoms with Gasteiger partial charge in [-0.3, -0.25) is 9.59 Å². The van der Waals surface area contributed by atoms with Crippen LogP contribution >= 0.6 is 0 Å². The summed E-state index contributed by atoms with van der Waals surface area (Å²) >= 11 is 0. The minimum Gasteiger partial charge on any atom is -0.343 e. The minimum absolute atomic E-state index is 0.0293. The van der Waals surface area contributed by atoms with E-state index in [0.717, 1.165) is 0 Å². The molecule has 1 aliphatic heterocycles. The maximum atomic E-state index is 12.8. The highest BCUT2D eigenvalue weighted by Crippen LogP contribution is 2.17. The van der Waals surface area contributed by atoms with E-state index in [0.29, 0.717) is 13.0 Å². The van der Waals surface area contributed by atoms with Crippen LogP contribution in [0.15, 0.2) is 24.3 Å². The number of halogens is 1. The van der Waals surface area contributed by atoms with Crippen LogP contribution in [0.4, 0.5) is 4.39 Å². The van der Waals surface area contributed by atoms with Crippen LogP contribution in [0.3, 0.4) is 0 Å². The van der Waals surface area contributed by atoms with Gasteiger partial charge >= 0.3 is 0 Å². The number of rotatable bonds is 5. The van der Waals surface area contributed by atoms with E-state index in [4.69, 9.17) is 0 Å². The fourth-order valence-corrected chi connectivity index (χ4v) is 4.35. The zero-order valence-electron chi connectivity index (χ0n) is 12.8. The van der Waals surface area contributed by atoms with Crippen LogP contribution in [0.1, 0.15) is 23.7 Å². The van der Waals surface area contributed by atoms with E-state index in [2.05, 4.69) is 5.32 Å². The van der Waals surface area contributed by atoms with Gasteiger partial charge in [0.05, 0.1) is 18.1 Å². The lowest BCUT2D eigenvalue weighted by molar-refractivity contribution is -0.131. The largest absolute Gasteiger partial charge is 0.343 e. The first-order chi connectivity index (χ1) is 10.8. The Morgan fingerprint density at radius 3 is 2.48 bits per heavy atom. The van der Waals surface area contributed by atoms with Gasteiger partial charge in [-0.15, -0.1) is 0 Å². The van der Waals surface area contributed by atoms with Crippen LogP contribution in [-0.4, -0.2) is 55.8 Å². The van der Waals surface area contributed by atoms with E-state index in [1.807, 2.05) is 0 Å². The van der Waals surface area contributed by atoms with Gasteiger partial charge < -0.3 is 10.2 Å². The summed E-state index contributed by atoms with van der Waals surface area (Å²) in [7, 11) is -3.08. The van der Waals surface area contributed by atoms with Gasteiger partial charge in [0.1, 0.15) is 5.82 Å². The number of carbonyl (C=O) groups excluding carboxylic acids is 2. The Balaban J connectivity index is 1.92. The average molecular weight is 342 g/mol. The zero-order valence-corrected chi connectivity index (χ0v) is 13.6. The van der Waals surface area contributed by atoms with Crippen LogP contribution in [0.2, 0.25) is 0 Å². The number of carbonyl (C=O) groups is 2. The number of hydrogen-bond acceptors (Lipinski definition) is 4. The highest BCUT2D eigenvalue weighted by atomic mass is 32.2. The molecule has 1 heterocycles. The fourth-order valence-electron chi connectivity index (χ4n) is 2.62. The molecule has 0 radical (unpaired) electrons. The van der Waals surface area contributed by atoms with Crippen molar-refractivity contribution >= 4 is 21.7 Å². The predicted molar refractivity (Wildman–Crippen MR) is 83.2 cm³/mol. The van der Waals surface area contributed by atoms with Gasteiger partial charge in [0, 0.05) is 18.2 Å². The standard InChI is InChI=1S/C15H19FN2O4S/c1-2-18(13-7-8-23(21,22)10-13)14(19)9-17-15(20)11-3-5-12(16)6-4-11/h3-6,13H,2,7-10H2,1H3,(H,17,20). The van der Waals surface area contributed by atoms with E-state index in [1.54, 1.807) is 6.92 Å². The van der Waals surface area contributed by atoms with Gasteiger partial charge in [0.25, 0.3) is 5.91 Å². The third-order valence-electron chi connectivity index (χ3n) is 3.82. The van der Waals surface area contributed by atoms with Crippen LogP contribution < -0.4 is 5.32 Å². The van der Waals surface area contributed by atoms with Gasteiger partial charge in [0.15, 0.2) is 9.84 Å². The first-order valence-corrected chi connectivity index (χ1v) is 9.18. The third kappa shape index (κ3) is 4.51. The SMILES string of the molecule is CCN(C(=O)CNC(=O)c1ccc(F)cc1)C1CCS(=O)(=O)C1. The van der Waals surface area contributed by atoms with Crippen molar-refractivity contribution in [2.24, 2.45) is 0 Å². The number of sulfone groups is 1. The molecule has 2 amide bonds. The molecule has 1 fully saturated rings. The van der Waals surface area contributed by atoms with Crippen molar-refractivity contribution in [2.45, 2.75) is 19.4 Å². The zero-order chi connectivity index (χ0) is 17.0. The van der Waals surface area contributed by atoms with Crippen molar-refractivity contribution in [3.63, 3.8) is 0 Å². The van der Waals surface area contributed by atoms with Crippen LogP contribution in [-0.2, 0) is 14.6 Å². The van der Waals surface area contributed by atoms with Crippen molar-refractivity contribution in [3.8, 4) is 0 Å². The van der Waals surface area contributed by atoms with E-state index >= 15 is 0 Å². The van der Waals surface area contributed by atoms with E-state index in [-0.39, 0.29) is 35.6 Å². The molecule has 1 aromatic rings. The summed E-state index contributed by atoms with van der Waals surface area (Å²) in [4.78, 5) is 25.6. The lowest BCUT2D eigenvalue weighted by Crippen LogP contribution is -2.46. The number of hydrogen-bond donors (Lipinski definition) is 1. The molecule has 1 aliphatic rings. The number of nitrogens with one attached hydrogen (secondary N) is 1. The normalized spacial score (nSPS) is 19.3. The fraction of sp³-hybridized carbons (Fsp3) is 0.467. The quantitative estimate of drug-likeness (QED) is 0.849. The van der Waals surface area contributed by atoms with Crippen molar-refractivity contribution in [2.75, 3.05) is 24.6 Å². The number of amides is 2. The molecule has 2 rings (SSSR count). The Kier molecular flexibility index (Phi) is 5.35. The molecule has 126 valence electrons. The second kappa shape index (κ2) is 7.08. The maximum absolute atomic E-state index is 12.8. The molecule has 1 atom stereocenters. The number of nitrogens with zero attached hydrogens (tertiary/aromatic N) is 1. The molecule has 1 aromatic carbocycles. The van der Waals surface area contributed by atoms with Crippen molar-refractivity contribution in [1.29, 1.82) is 0 Å². The summed E-state index contributed by atoms with van der Waals surface area (Å²) in [5, 5.41) is 2.48. The highest BCUT2D eigenvalue weighted by Gasteiger charge is 2.33. The summed E-state index contributed by atoms with van der Waals surface area (Å²) < 4.78 is 35.9. The Labute approximate surface area is 134 Å².